The van der Waals surface area contributed by atoms with Crippen LogP contribution in [0.3, 0.4) is 0 Å². The van der Waals surface area contributed by atoms with E-state index in [9.17, 15) is 0 Å². The Morgan fingerprint density at radius 2 is 2.00 bits per heavy atom. The second-order valence-electron chi connectivity index (χ2n) is 4.98. The van der Waals surface area contributed by atoms with Gasteiger partial charge in [-0.25, -0.2) is 0 Å². The molecule has 1 rings (SSSR count). The van der Waals surface area contributed by atoms with Gasteiger partial charge in [0, 0.05) is 5.88 Å². The van der Waals surface area contributed by atoms with Crippen molar-refractivity contribution in [1.29, 1.82) is 0 Å². The summed E-state index contributed by atoms with van der Waals surface area (Å²) >= 11 is 5.74. The summed E-state index contributed by atoms with van der Waals surface area (Å²) in [6, 6.07) is 0. The van der Waals surface area contributed by atoms with Crippen molar-refractivity contribution in [3.8, 4) is 0 Å². The first-order chi connectivity index (χ1) is 6.63. The highest BCUT2D eigenvalue weighted by atomic mass is 35.5. The Balaban J connectivity index is 2.20. The van der Waals surface area contributed by atoms with E-state index in [1.807, 2.05) is 0 Å². The molecule has 1 nitrogen and oxygen atoms in total. The Bertz CT molecular complexity index is 160. The lowest BCUT2D eigenvalue weighted by Crippen LogP contribution is -2.28. The van der Waals surface area contributed by atoms with Crippen LogP contribution >= 0.6 is 11.6 Å². The zero-order chi connectivity index (χ0) is 10.6. The molecule has 0 amide bonds. The normalized spacial score (nSPS) is 35.6. The van der Waals surface area contributed by atoms with E-state index < -0.39 is 0 Å². The van der Waals surface area contributed by atoms with Gasteiger partial charge < -0.3 is 4.74 Å². The standard InChI is InChI=1S/C12H23ClO/c1-9(7-13)8-14-12-5-4-10(2)11(3)6-12/h9-12H,4-8H2,1-3H3. The minimum atomic E-state index is 0.492. The SMILES string of the molecule is CC(CCl)COC1CCC(C)C(C)C1. The van der Waals surface area contributed by atoms with Crippen LogP contribution in [0.15, 0.2) is 0 Å². The van der Waals surface area contributed by atoms with Crippen LogP contribution in [0.4, 0.5) is 0 Å². The number of alkyl halides is 1. The summed E-state index contributed by atoms with van der Waals surface area (Å²) < 4.78 is 5.87. The molecule has 1 fully saturated rings. The first-order valence-electron chi connectivity index (χ1n) is 5.81. The summed E-state index contributed by atoms with van der Waals surface area (Å²) in [6.07, 6.45) is 4.28. The van der Waals surface area contributed by atoms with Gasteiger partial charge in [0.2, 0.25) is 0 Å². The maximum atomic E-state index is 5.87. The van der Waals surface area contributed by atoms with Gasteiger partial charge in [0.05, 0.1) is 12.7 Å². The molecule has 4 unspecified atom stereocenters. The summed E-state index contributed by atoms with van der Waals surface area (Å²) in [5.74, 6) is 2.89. The van der Waals surface area contributed by atoms with Gasteiger partial charge in [0.25, 0.3) is 0 Å². The number of ether oxygens (including phenoxy) is 1. The number of hydrogen-bond acceptors (Lipinski definition) is 1. The van der Waals surface area contributed by atoms with Crippen molar-refractivity contribution in [1.82, 2.24) is 0 Å². The molecule has 2 heteroatoms. The third-order valence-corrected chi connectivity index (χ3v) is 3.96. The van der Waals surface area contributed by atoms with Crippen LogP contribution in [0.25, 0.3) is 0 Å². The topological polar surface area (TPSA) is 9.23 Å². The van der Waals surface area contributed by atoms with Gasteiger partial charge in [0.15, 0.2) is 0 Å². The Morgan fingerprint density at radius 3 is 2.57 bits per heavy atom. The fourth-order valence-corrected chi connectivity index (χ4v) is 2.08. The highest BCUT2D eigenvalue weighted by Gasteiger charge is 2.25. The Hall–Kier alpha value is 0.250. The van der Waals surface area contributed by atoms with Crippen LogP contribution in [0.1, 0.15) is 40.0 Å². The molecule has 0 aromatic carbocycles. The molecular formula is C12H23ClO. The van der Waals surface area contributed by atoms with Crippen LogP contribution in [0, 0.1) is 17.8 Å². The van der Waals surface area contributed by atoms with E-state index in [4.69, 9.17) is 16.3 Å². The van der Waals surface area contributed by atoms with Crippen LogP contribution in [-0.2, 0) is 4.74 Å². The molecule has 0 spiro atoms. The average Bonchev–Trinajstić information content (AvgIpc) is 2.19. The van der Waals surface area contributed by atoms with E-state index in [2.05, 4.69) is 20.8 Å². The minimum Gasteiger partial charge on any atom is -0.378 e. The number of hydrogen-bond donors (Lipinski definition) is 0. The maximum absolute atomic E-state index is 5.87. The second-order valence-corrected chi connectivity index (χ2v) is 5.29. The highest BCUT2D eigenvalue weighted by Crippen LogP contribution is 2.31. The van der Waals surface area contributed by atoms with E-state index in [-0.39, 0.29) is 0 Å². The van der Waals surface area contributed by atoms with Crippen LogP contribution < -0.4 is 0 Å². The molecule has 0 heterocycles. The molecular weight excluding hydrogens is 196 g/mol. The van der Waals surface area contributed by atoms with E-state index in [0.717, 1.165) is 18.4 Å². The van der Waals surface area contributed by atoms with Gasteiger partial charge in [-0.3, -0.25) is 0 Å². The quantitative estimate of drug-likeness (QED) is 0.654. The molecule has 0 aromatic heterocycles. The Kier molecular flexibility index (Phi) is 5.25. The summed E-state index contributed by atoms with van der Waals surface area (Å²) in [6.45, 7) is 7.66. The smallest absolute Gasteiger partial charge is 0.0578 e. The first-order valence-corrected chi connectivity index (χ1v) is 6.34. The molecule has 4 atom stereocenters. The molecule has 0 bridgehead atoms. The predicted octanol–water partition coefficient (Wildman–Crippen LogP) is 3.70. The van der Waals surface area contributed by atoms with Crippen molar-refractivity contribution in [2.45, 2.75) is 46.1 Å². The lowest BCUT2D eigenvalue weighted by Gasteiger charge is -2.32. The Labute approximate surface area is 93.2 Å². The molecule has 0 aliphatic heterocycles. The largest absolute Gasteiger partial charge is 0.378 e. The van der Waals surface area contributed by atoms with Crippen LogP contribution in [0.5, 0.6) is 0 Å². The van der Waals surface area contributed by atoms with E-state index >= 15 is 0 Å². The zero-order valence-corrected chi connectivity index (χ0v) is 10.4. The fourth-order valence-electron chi connectivity index (χ4n) is 1.99. The molecule has 0 saturated heterocycles. The summed E-state index contributed by atoms with van der Waals surface area (Å²) in [4.78, 5) is 0. The number of halogens is 1. The van der Waals surface area contributed by atoms with E-state index in [0.29, 0.717) is 17.9 Å². The lowest BCUT2D eigenvalue weighted by atomic mass is 9.80. The van der Waals surface area contributed by atoms with E-state index in [1.165, 1.54) is 19.3 Å². The number of rotatable bonds is 4. The van der Waals surface area contributed by atoms with Crippen molar-refractivity contribution < 1.29 is 4.74 Å². The first kappa shape index (κ1) is 12.3. The molecule has 0 N–H and O–H groups in total. The predicted molar refractivity (Wildman–Crippen MR) is 61.8 cm³/mol. The monoisotopic (exact) mass is 218 g/mol. The fraction of sp³-hybridized carbons (Fsp3) is 1.00. The van der Waals surface area contributed by atoms with Gasteiger partial charge in [-0.05, 0) is 37.0 Å². The van der Waals surface area contributed by atoms with Gasteiger partial charge in [-0.15, -0.1) is 11.6 Å². The maximum Gasteiger partial charge on any atom is 0.0578 e. The van der Waals surface area contributed by atoms with Crippen LogP contribution in [0.2, 0.25) is 0 Å². The lowest BCUT2D eigenvalue weighted by molar-refractivity contribution is -0.00883. The third kappa shape index (κ3) is 3.78. The molecule has 1 aliphatic carbocycles. The second kappa shape index (κ2) is 5.97. The van der Waals surface area contributed by atoms with Gasteiger partial charge >= 0.3 is 0 Å². The highest BCUT2D eigenvalue weighted by molar-refractivity contribution is 6.18. The zero-order valence-electron chi connectivity index (χ0n) is 9.63. The van der Waals surface area contributed by atoms with Crippen molar-refractivity contribution in [2.24, 2.45) is 17.8 Å². The molecule has 1 aliphatic rings. The summed E-state index contributed by atoms with van der Waals surface area (Å²) in [5, 5.41) is 0. The van der Waals surface area contributed by atoms with Gasteiger partial charge in [-0.1, -0.05) is 20.8 Å². The molecule has 0 aromatic rings. The molecule has 1 saturated carbocycles. The van der Waals surface area contributed by atoms with Crippen LogP contribution in [-0.4, -0.2) is 18.6 Å². The molecule has 0 radical (unpaired) electrons. The van der Waals surface area contributed by atoms with Crippen molar-refractivity contribution in [2.75, 3.05) is 12.5 Å². The van der Waals surface area contributed by atoms with Crippen molar-refractivity contribution in [3.63, 3.8) is 0 Å². The van der Waals surface area contributed by atoms with Crippen molar-refractivity contribution >= 4 is 11.6 Å². The van der Waals surface area contributed by atoms with Crippen molar-refractivity contribution in [3.05, 3.63) is 0 Å². The summed E-state index contributed by atoms with van der Waals surface area (Å²) in [5.41, 5.74) is 0. The summed E-state index contributed by atoms with van der Waals surface area (Å²) in [7, 11) is 0. The Morgan fingerprint density at radius 1 is 1.29 bits per heavy atom. The molecule has 84 valence electrons. The molecule has 14 heavy (non-hydrogen) atoms. The van der Waals surface area contributed by atoms with E-state index in [1.54, 1.807) is 0 Å². The van der Waals surface area contributed by atoms with Gasteiger partial charge in [0.1, 0.15) is 0 Å². The van der Waals surface area contributed by atoms with Gasteiger partial charge in [-0.2, -0.15) is 0 Å². The minimum absolute atomic E-state index is 0.492. The average molecular weight is 219 g/mol. The third-order valence-electron chi connectivity index (χ3n) is 3.43.